The van der Waals surface area contributed by atoms with E-state index in [1.54, 1.807) is 0 Å². The first-order valence-electron chi connectivity index (χ1n) is 7.76. The Morgan fingerprint density at radius 3 is 2.77 bits per heavy atom. The van der Waals surface area contributed by atoms with Gasteiger partial charge in [0.15, 0.2) is 5.69 Å². The molecule has 0 aliphatic rings. The average molecular weight is 301 g/mol. The zero-order valence-electron chi connectivity index (χ0n) is 12.9. The van der Waals surface area contributed by atoms with Gasteiger partial charge in [0, 0.05) is 6.54 Å². The van der Waals surface area contributed by atoms with Crippen molar-refractivity contribution in [3.05, 3.63) is 53.7 Å². The first kappa shape index (κ1) is 16.2. The van der Waals surface area contributed by atoms with Crippen LogP contribution >= 0.6 is 0 Å². The van der Waals surface area contributed by atoms with Gasteiger partial charge in [-0.05, 0) is 12.0 Å². The van der Waals surface area contributed by atoms with Gasteiger partial charge < -0.3 is 15.5 Å². The van der Waals surface area contributed by atoms with Gasteiger partial charge in [-0.3, -0.25) is 4.79 Å². The third-order valence-electron chi connectivity index (χ3n) is 3.50. The number of unbranched alkanes of at least 4 members (excludes halogenated alkanes) is 3. The van der Waals surface area contributed by atoms with E-state index in [0.717, 1.165) is 18.4 Å². The number of rotatable bonds is 8. The third kappa shape index (κ3) is 4.43. The van der Waals surface area contributed by atoms with E-state index in [4.69, 9.17) is 10.2 Å². The van der Waals surface area contributed by atoms with Crippen LogP contribution in [-0.2, 0) is 0 Å². The fourth-order valence-corrected chi connectivity index (χ4v) is 2.18. The average Bonchev–Trinajstić information content (AvgIpc) is 3.04. The molecule has 1 aromatic carbocycles. The highest BCUT2D eigenvalue weighted by molar-refractivity contribution is 5.91. The van der Waals surface area contributed by atoms with Crippen LogP contribution < -0.4 is 11.1 Å². The topological polar surface area (TPSA) is 81.2 Å². The lowest BCUT2D eigenvalue weighted by atomic mass is 10.1. The Balaban J connectivity index is 1.89. The minimum atomic E-state index is -0.465. The van der Waals surface area contributed by atoms with Crippen molar-refractivity contribution >= 4 is 5.91 Å². The summed E-state index contributed by atoms with van der Waals surface area (Å²) >= 11 is 0. The van der Waals surface area contributed by atoms with Crippen molar-refractivity contribution in [2.24, 2.45) is 5.73 Å². The maximum absolute atomic E-state index is 12.0. The van der Waals surface area contributed by atoms with Crippen LogP contribution in [0.1, 0.15) is 60.6 Å². The van der Waals surface area contributed by atoms with E-state index in [9.17, 15) is 4.79 Å². The Labute approximate surface area is 130 Å². The summed E-state index contributed by atoms with van der Waals surface area (Å²) in [7, 11) is 0. The van der Waals surface area contributed by atoms with E-state index in [1.165, 1.54) is 19.1 Å². The largest absolute Gasteiger partial charge is 0.446 e. The smallest absolute Gasteiger partial charge is 0.273 e. The SMILES string of the molecule is CCCCCCNC(=O)c1coc(C(N)c2ccccc2)n1. The first-order valence-corrected chi connectivity index (χ1v) is 7.76. The van der Waals surface area contributed by atoms with Crippen molar-refractivity contribution in [3.63, 3.8) is 0 Å². The second-order valence-corrected chi connectivity index (χ2v) is 5.28. The van der Waals surface area contributed by atoms with E-state index >= 15 is 0 Å². The summed E-state index contributed by atoms with van der Waals surface area (Å²) in [6.45, 7) is 2.82. The molecule has 0 fully saturated rings. The molecule has 0 spiro atoms. The highest BCUT2D eigenvalue weighted by Gasteiger charge is 2.17. The van der Waals surface area contributed by atoms with Gasteiger partial charge in [0.25, 0.3) is 5.91 Å². The maximum atomic E-state index is 12.0. The molecule has 1 atom stereocenters. The monoisotopic (exact) mass is 301 g/mol. The molecule has 5 heteroatoms. The number of hydrogen-bond acceptors (Lipinski definition) is 4. The van der Waals surface area contributed by atoms with Crippen LogP contribution in [0.5, 0.6) is 0 Å². The van der Waals surface area contributed by atoms with Crippen molar-refractivity contribution in [1.82, 2.24) is 10.3 Å². The standard InChI is InChI=1S/C17H23N3O2/c1-2-3-4-8-11-19-16(21)14-12-22-17(20-14)15(18)13-9-6-5-7-10-13/h5-7,9-10,12,15H,2-4,8,11,18H2,1H3,(H,19,21). The molecule has 2 aromatic rings. The van der Waals surface area contributed by atoms with Crippen molar-refractivity contribution < 1.29 is 9.21 Å². The predicted molar refractivity (Wildman–Crippen MR) is 85.5 cm³/mol. The molecule has 1 unspecified atom stereocenters. The van der Waals surface area contributed by atoms with Crippen LogP contribution in [-0.4, -0.2) is 17.4 Å². The minimum absolute atomic E-state index is 0.216. The van der Waals surface area contributed by atoms with E-state index in [1.807, 2.05) is 30.3 Å². The molecule has 118 valence electrons. The minimum Gasteiger partial charge on any atom is -0.446 e. The summed E-state index contributed by atoms with van der Waals surface area (Å²) in [5, 5.41) is 2.85. The molecule has 1 heterocycles. The number of carbonyl (C=O) groups is 1. The molecule has 0 saturated carbocycles. The van der Waals surface area contributed by atoms with Crippen LogP contribution in [0.25, 0.3) is 0 Å². The van der Waals surface area contributed by atoms with Crippen molar-refractivity contribution in [2.45, 2.75) is 38.6 Å². The van der Waals surface area contributed by atoms with E-state index in [-0.39, 0.29) is 11.6 Å². The number of nitrogens with zero attached hydrogens (tertiary/aromatic N) is 1. The summed E-state index contributed by atoms with van der Waals surface area (Å²) in [6.07, 6.45) is 5.83. The van der Waals surface area contributed by atoms with Crippen LogP contribution in [0.4, 0.5) is 0 Å². The number of aromatic nitrogens is 1. The summed E-state index contributed by atoms with van der Waals surface area (Å²) in [5.74, 6) is 0.133. The number of nitrogens with one attached hydrogen (secondary N) is 1. The molecule has 5 nitrogen and oxygen atoms in total. The summed E-state index contributed by atoms with van der Waals surface area (Å²) < 4.78 is 5.35. The molecule has 22 heavy (non-hydrogen) atoms. The van der Waals surface area contributed by atoms with Gasteiger partial charge in [0.1, 0.15) is 12.3 Å². The number of oxazole rings is 1. The Morgan fingerprint density at radius 1 is 1.27 bits per heavy atom. The molecular formula is C17H23N3O2. The quantitative estimate of drug-likeness (QED) is 0.734. The summed E-state index contributed by atoms with van der Waals surface area (Å²) in [5.41, 5.74) is 7.27. The molecule has 1 aromatic heterocycles. The van der Waals surface area contributed by atoms with Gasteiger partial charge in [0.05, 0.1) is 0 Å². The van der Waals surface area contributed by atoms with Gasteiger partial charge in [-0.1, -0.05) is 56.5 Å². The van der Waals surface area contributed by atoms with Crippen LogP contribution in [0.2, 0.25) is 0 Å². The zero-order valence-corrected chi connectivity index (χ0v) is 12.9. The van der Waals surface area contributed by atoms with Crippen molar-refractivity contribution in [3.8, 4) is 0 Å². The molecule has 0 bridgehead atoms. The second kappa shape index (κ2) is 8.34. The predicted octanol–water partition coefficient (Wildman–Crippen LogP) is 3.03. The van der Waals surface area contributed by atoms with Gasteiger partial charge in [-0.25, -0.2) is 4.98 Å². The number of hydrogen-bond donors (Lipinski definition) is 2. The summed E-state index contributed by atoms with van der Waals surface area (Å²) in [6, 6.07) is 9.07. The fourth-order valence-electron chi connectivity index (χ4n) is 2.18. The maximum Gasteiger partial charge on any atom is 0.273 e. The lowest BCUT2D eigenvalue weighted by molar-refractivity contribution is 0.0948. The second-order valence-electron chi connectivity index (χ2n) is 5.28. The van der Waals surface area contributed by atoms with E-state index in [0.29, 0.717) is 12.4 Å². The number of amides is 1. The van der Waals surface area contributed by atoms with Gasteiger partial charge in [-0.15, -0.1) is 0 Å². The van der Waals surface area contributed by atoms with Crippen LogP contribution in [0, 0.1) is 0 Å². The highest BCUT2D eigenvalue weighted by atomic mass is 16.3. The molecule has 3 N–H and O–H groups in total. The van der Waals surface area contributed by atoms with Gasteiger partial charge in [0.2, 0.25) is 5.89 Å². The molecule has 2 rings (SSSR count). The normalized spacial score (nSPS) is 12.1. The van der Waals surface area contributed by atoms with Crippen LogP contribution in [0.15, 0.2) is 41.0 Å². The molecule has 0 aliphatic carbocycles. The van der Waals surface area contributed by atoms with Crippen molar-refractivity contribution in [1.29, 1.82) is 0 Å². The van der Waals surface area contributed by atoms with E-state index < -0.39 is 6.04 Å². The van der Waals surface area contributed by atoms with Gasteiger partial charge in [-0.2, -0.15) is 0 Å². The Morgan fingerprint density at radius 2 is 2.05 bits per heavy atom. The Kier molecular flexibility index (Phi) is 6.15. The first-order chi connectivity index (χ1) is 10.7. The number of carbonyl (C=O) groups excluding carboxylic acids is 1. The molecule has 0 radical (unpaired) electrons. The fraction of sp³-hybridized carbons (Fsp3) is 0.412. The zero-order chi connectivity index (χ0) is 15.8. The number of benzene rings is 1. The summed E-state index contributed by atoms with van der Waals surface area (Å²) in [4.78, 5) is 16.2. The van der Waals surface area contributed by atoms with Crippen molar-refractivity contribution in [2.75, 3.05) is 6.54 Å². The molecule has 1 amide bonds. The molecule has 0 saturated heterocycles. The van der Waals surface area contributed by atoms with E-state index in [2.05, 4.69) is 17.2 Å². The Hall–Kier alpha value is -2.14. The molecule has 0 aliphatic heterocycles. The molecular weight excluding hydrogens is 278 g/mol. The number of nitrogens with two attached hydrogens (primary N) is 1. The van der Waals surface area contributed by atoms with Gasteiger partial charge >= 0.3 is 0 Å². The Bertz CT molecular complexity index is 581. The lowest BCUT2D eigenvalue weighted by Gasteiger charge is -2.06. The third-order valence-corrected chi connectivity index (χ3v) is 3.50. The highest BCUT2D eigenvalue weighted by Crippen LogP contribution is 2.18. The van der Waals surface area contributed by atoms with Crippen LogP contribution in [0.3, 0.4) is 0 Å². The lowest BCUT2D eigenvalue weighted by Crippen LogP contribution is -2.25.